The number of aldehydes is 1. The normalized spacial score (nSPS) is 9.26. The van der Waals surface area contributed by atoms with Gasteiger partial charge < -0.3 is 25.3 Å². The number of carboxylic acids is 1. The quantitative estimate of drug-likeness (QED) is 0.289. The molecule has 170 valence electrons. The number of rotatable bonds is 10. The molecule has 0 fully saturated rings. The highest BCUT2D eigenvalue weighted by Gasteiger charge is 2.06. The van der Waals surface area contributed by atoms with Crippen LogP contribution in [0.3, 0.4) is 0 Å². The summed E-state index contributed by atoms with van der Waals surface area (Å²) in [5.41, 5.74) is 0. The Morgan fingerprint density at radius 3 is 2.35 bits per heavy atom. The molecule has 0 bridgehead atoms. The molecule has 8 nitrogen and oxygen atoms in total. The molecule has 0 aromatic heterocycles. The number of hydrogen-bond donors (Lipinski definition) is 3. The van der Waals surface area contributed by atoms with E-state index in [1.807, 2.05) is 56.3 Å². The van der Waals surface area contributed by atoms with Crippen LogP contribution >= 0.6 is 11.8 Å². The fraction of sp³-hybridized carbons (Fsp3) is 0.364. The highest BCUT2D eigenvalue weighted by molar-refractivity contribution is 7.99. The summed E-state index contributed by atoms with van der Waals surface area (Å²) >= 11 is 1.43. The van der Waals surface area contributed by atoms with Crippen LogP contribution in [0, 0.1) is 0 Å². The Kier molecular flexibility index (Phi) is 16.0. The van der Waals surface area contributed by atoms with Gasteiger partial charge >= 0.3 is 0 Å². The number of thioether (sulfide) groups is 1. The number of nitrogens with one attached hydrogen (secondary N) is 2. The summed E-state index contributed by atoms with van der Waals surface area (Å²) in [5, 5.41) is 14.6. The maximum Gasteiger partial charge on any atom is 0.300 e. The van der Waals surface area contributed by atoms with E-state index in [-0.39, 0.29) is 25.0 Å². The van der Waals surface area contributed by atoms with Crippen molar-refractivity contribution in [1.82, 2.24) is 10.6 Å². The number of hydrogen-bond acceptors (Lipinski definition) is 6. The van der Waals surface area contributed by atoms with Crippen LogP contribution in [0.15, 0.2) is 42.5 Å². The molecule has 3 N–H and O–H groups in total. The molecule has 0 saturated carbocycles. The maximum atomic E-state index is 11.8. The van der Waals surface area contributed by atoms with E-state index >= 15 is 0 Å². The minimum absolute atomic E-state index is 0.0335. The number of carbonyl (C=O) groups excluding carboxylic acids is 3. The van der Waals surface area contributed by atoms with Gasteiger partial charge in [-0.2, -0.15) is 0 Å². The van der Waals surface area contributed by atoms with Crippen LogP contribution in [0.1, 0.15) is 27.2 Å². The molecule has 2 aromatic carbocycles. The maximum absolute atomic E-state index is 11.8. The molecule has 0 aliphatic carbocycles. The smallest absolute Gasteiger partial charge is 0.300 e. The molecule has 0 aliphatic rings. The number of carbonyl (C=O) groups is 4. The lowest BCUT2D eigenvalue weighted by atomic mass is 10.1. The van der Waals surface area contributed by atoms with Gasteiger partial charge in [0.25, 0.3) is 11.9 Å². The first-order chi connectivity index (χ1) is 14.9. The largest absolute Gasteiger partial charge is 0.483 e. The van der Waals surface area contributed by atoms with Crippen LogP contribution in [0.5, 0.6) is 5.75 Å². The summed E-state index contributed by atoms with van der Waals surface area (Å²) in [5.74, 6) is 0.414. The molecule has 31 heavy (non-hydrogen) atoms. The SMILES string of the molecule is CC.CC(=O)O.O=CCNC(=O)CCSCNC(=O)COc1cccc2ccccc12. The van der Waals surface area contributed by atoms with Gasteiger partial charge in [0.15, 0.2) is 6.61 Å². The third-order valence-corrected chi connectivity index (χ3v) is 4.18. The van der Waals surface area contributed by atoms with E-state index in [1.165, 1.54) is 11.8 Å². The molecule has 0 unspecified atom stereocenters. The fourth-order valence-corrected chi connectivity index (χ4v) is 2.87. The van der Waals surface area contributed by atoms with Crippen molar-refractivity contribution in [3.05, 3.63) is 42.5 Å². The fourth-order valence-electron chi connectivity index (χ4n) is 2.13. The van der Waals surface area contributed by atoms with Crippen molar-refractivity contribution in [3.63, 3.8) is 0 Å². The van der Waals surface area contributed by atoms with Gasteiger partial charge in [0.2, 0.25) is 5.91 Å². The molecule has 0 atom stereocenters. The van der Waals surface area contributed by atoms with E-state index in [4.69, 9.17) is 14.6 Å². The molecular weight excluding hydrogens is 420 g/mol. The molecule has 2 rings (SSSR count). The summed E-state index contributed by atoms with van der Waals surface area (Å²) in [4.78, 5) is 42.2. The van der Waals surface area contributed by atoms with Crippen molar-refractivity contribution in [2.24, 2.45) is 0 Å². The van der Waals surface area contributed by atoms with E-state index in [1.54, 1.807) is 0 Å². The van der Waals surface area contributed by atoms with Gasteiger partial charge in [-0.1, -0.05) is 50.2 Å². The molecule has 2 amide bonds. The van der Waals surface area contributed by atoms with Gasteiger partial charge in [0.05, 0.1) is 12.4 Å². The zero-order chi connectivity index (χ0) is 23.5. The molecule has 0 spiro atoms. The predicted molar refractivity (Wildman–Crippen MR) is 123 cm³/mol. The predicted octanol–water partition coefficient (Wildman–Crippen LogP) is 2.85. The minimum atomic E-state index is -0.833. The Labute approximate surface area is 186 Å². The van der Waals surface area contributed by atoms with E-state index < -0.39 is 5.97 Å². The average Bonchev–Trinajstić information content (AvgIpc) is 2.77. The summed E-state index contributed by atoms with van der Waals surface area (Å²) in [6.45, 7) is 5.06. The average molecular weight is 451 g/mol. The first-order valence-electron chi connectivity index (χ1n) is 9.79. The number of ether oxygens (including phenoxy) is 1. The molecule has 0 radical (unpaired) electrons. The summed E-state index contributed by atoms with van der Waals surface area (Å²) in [7, 11) is 0. The van der Waals surface area contributed by atoms with Crippen LogP contribution in [0.25, 0.3) is 10.8 Å². The molecule has 2 aromatic rings. The van der Waals surface area contributed by atoms with Crippen molar-refractivity contribution in [2.75, 3.05) is 24.8 Å². The Hall–Kier alpha value is -3.07. The van der Waals surface area contributed by atoms with Gasteiger partial charge in [-0.25, -0.2) is 0 Å². The van der Waals surface area contributed by atoms with Crippen molar-refractivity contribution >= 4 is 46.6 Å². The van der Waals surface area contributed by atoms with Gasteiger partial charge in [0.1, 0.15) is 12.0 Å². The zero-order valence-electron chi connectivity index (χ0n) is 18.1. The summed E-state index contributed by atoms with van der Waals surface area (Å²) < 4.78 is 5.60. The van der Waals surface area contributed by atoms with Crippen molar-refractivity contribution < 1.29 is 29.0 Å². The van der Waals surface area contributed by atoms with Crippen molar-refractivity contribution in [1.29, 1.82) is 0 Å². The van der Waals surface area contributed by atoms with Gasteiger partial charge in [-0.3, -0.25) is 14.4 Å². The van der Waals surface area contributed by atoms with Crippen LogP contribution in [-0.2, 0) is 19.2 Å². The lowest BCUT2D eigenvalue weighted by molar-refractivity contribution is -0.134. The molecule has 0 saturated heterocycles. The molecule has 9 heteroatoms. The summed E-state index contributed by atoms with van der Waals surface area (Å²) in [6.07, 6.45) is 0.947. The second kappa shape index (κ2) is 17.8. The Balaban J connectivity index is 0.00000134. The second-order valence-corrected chi connectivity index (χ2v) is 6.76. The van der Waals surface area contributed by atoms with E-state index in [0.29, 0.717) is 30.1 Å². The molecule has 0 heterocycles. The summed E-state index contributed by atoms with van der Waals surface area (Å²) in [6, 6.07) is 13.5. The standard InChI is InChI=1S/C18H20N2O4S.C2H4O2.C2H6/c21-10-9-19-17(22)8-11-25-13-20-18(23)12-24-16-7-3-5-14-4-1-2-6-15(14)16;1-2(3)4;1-2/h1-7,10H,8-9,11-13H2,(H,19,22)(H,20,23);1H3,(H,3,4);1-2H3. The van der Waals surface area contributed by atoms with Crippen LogP contribution in [0.2, 0.25) is 0 Å². The molecule has 0 aliphatic heterocycles. The highest BCUT2D eigenvalue weighted by atomic mass is 32.2. The van der Waals surface area contributed by atoms with E-state index in [9.17, 15) is 14.4 Å². The third kappa shape index (κ3) is 13.7. The van der Waals surface area contributed by atoms with Crippen LogP contribution < -0.4 is 15.4 Å². The Morgan fingerprint density at radius 2 is 1.68 bits per heavy atom. The monoisotopic (exact) mass is 450 g/mol. The van der Waals surface area contributed by atoms with E-state index in [2.05, 4.69) is 10.6 Å². The lowest BCUT2D eigenvalue weighted by Gasteiger charge is -2.09. The van der Waals surface area contributed by atoms with Crippen molar-refractivity contribution in [3.8, 4) is 5.75 Å². The van der Waals surface area contributed by atoms with E-state index in [0.717, 1.165) is 17.7 Å². The first kappa shape index (κ1) is 27.9. The number of aliphatic carboxylic acids is 1. The minimum Gasteiger partial charge on any atom is -0.483 e. The Bertz CT molecular complexity index is 819. The van der Waals surface area contributed by atoms with Crippen LogP contribution in [0.4, 0.5) is 0 Å². The number of fused-ring (bicyclic) bond motifs is 1. The molecular formula is C22H30N2O6S. The highest BCUT2D eigenvalue weighted by Crippen LogP contribution is 2.24. The lowest BCUT2D eigenvalue weighted by Crippen LogP contribution is -2.29. The number of carboxylic acid groups (broad SMARTS) is 1. The topological polar surface area (TPSA) is 122 Å². The zero-order valence-corrected chi connectivity index (χ0v) is 18.9. The number of benzene rings is 2. The first-order valence-corrected chi connectivity index (χ1v) is 10.9. The van der Waals surface area contributed by atoms with Crippen LogP contribution in [-0.4, -0.2) is 54.0 Å². The van der Waals surface area contributed by atoms with Gasteiger partial charge in [-0.05, 0) is 11.5 Å². The Morgan fingerprint density at radius 1 is 1.03 bits per heavy atom. The van der Waals surface area contributed by atoms with Crippen molar-refractivity contribution in [2.45, 2.75) is 27.2 Å². The second-order valence-electron chi connectivity index (χ2n) is 5.66. The van der Waals surface area contributed by atoms with Gasteiger partial charge in [0, 0.05) is 24.5 Å². The van der Waals surface area contributed by atoms with Gasteiger partial charge in [-0.15, -0.1) is 11.8 Å². The number of amides is 2. The third-order valence-electron chi connectivity index (χ3n) is 3.34.